The number of benzene rings is 2. The van der Waals surface area contributed by atoms with Gasteiger partial charge < -0.3 is 14.2 Å². The summed E-state index contributed by atoms with van der Waals surface area (Å²) in [6, 6.07) is 12.9. The van der Waals surface area contributed by atoms with Gasteiger partial charge in [-0.1, -0.05) is 23.7 Å². The summed E-state index contributed by atoms with van der Waals surface area (Å²) in [5.41, 5.74) is 2.50. The van der Waals surface area contributed by atoms with Crippen LogP contribution in [0.3, 0.4) is 0 Å². The first-order chi connectivity index (χ1) is 12.2. The van der Waals surface area contributed by atoms with Gasteiger partial charge in [0, 0.05) is 12.6 Å². The molecule has 1 atom stereocenters. The number of hydrogen-bond donors (Lipinski definition) is 0. The van der Waals surface area contributed by atoms with E-state index in [2.05, 4.69) is 23.1 Å². The SMILES string of the molecule is COc1ccc(C2CCCN2Cc2cc(Cl)c3c(c2)OCCO3)cc1. The molecule has 5 heteroatoms. The zero-order valence-electron chi connectivity index (χ0n) is 14.3. The molecule has 2 heterocycles. The molecule has 1 saturated heterocycles. The van der Waals surface area contributed by atoms with Gasteiger partial charge in [0.2, 0.25) is 0 Å². The third-order valence-electron chi connectivity index (χ3n) is 4.91. The highest BCUT2D eigenvalue weighted by Crippen LogP contribution is 2.40. The van der Waals surface area contributed by atoms with Gasteiger partial charge in [-0.2, -0.15) is 0 Å². The van der Waals surface area contributed by atoms with Gasteiger partial charge in [0.25, 0.3) is 0 Å². The number of ether oxygens (including phenoxy) is 3. The summed E-state index contributed by atoms with van der Waals surface area (Å²) in [6.45, 7) is 3.07. The minimum Gasteiger partial charge on any atom is -0.497 e. The van der Waals surface area contributed by atoms with E-state index in [1.165, 1.54) is 18.4 Å². The molecule has 2 aliphatic heterocycles. The molecule has 0 N–H and O–H groups in total. The molecule has 132 valence electrons. The Morgan fingerprint density at radius 2 is 1.96 bits per heavy atom. The van der Waals surface area contributed by atoms with E-state index in [9.17, 15) is 0 Å². The molecule has 0 aliphatic carbocycles. The molecule has 1 fully saturated rings. The smallest absolute Gasteiger partial charge is 0.179 e. The standard InChI is InChI=1S/C20H22ClNO3/c1-23-16-6-4-15(5-7-16)18-3-2-8-22(18)13-14-11-17(21)20-19(12-14)24-9-10-25-20/h4-7,11-12,18H,2-3,8-10,13H2,1H3. The van der Waals surface area contributed by atoms with Crippen LogP contribution in [0.15, 0.2) is 36.4 Å². The van der Waals surface area contributed by atoms with Crippen LogP contribution in [0.2, 0.25) is 5.02 Å². The summed E-state index contributed by atoms with van der Waals surface area (Å²) in [5, 5.41) is 0.632. The molecular formula is C20H22ClNO3. The second-order valence-electron chi connectivity index (χ2n) is 6.50. The number of likely N-dealkylation sites (tertiary alicyclic amines) is 1. The van der Waals surface area contributed by atoms with E-state index in [1.807, 2.05) is 18.2 Å². The van der Waals surface area contributed by atoms with Crippen molar-refractivity contribution < 1.29 is 14.2 Å². The number of nitrogens with zero attached hydrogens (tertiary/aromatic N) is 1. The Morgan fingerprint density at radius 1 is 1.16 bits per heavy atom. The number of hydrogen-bond acceptors (Lipinski definition) is 4. The molecule has 0 spiro atoms. The fourth-order valence-corrected chi connectivity index (χ4v) is 4.00. The van der Waals surface area contributed by atoms with Gasteiger partial charge in [-0.25, -0.2) is 0 Å². The van der Waals surface area contributed by atoms with Crippen LogP contribution in [0.25, 0.3) is 0 Å². The van der Waals surface area contributed by atoms with Crippen molar-refractivity contribution in [2.45, 2.75) is 25.4 Å². The molecule has 0 bridgehead atoms. The van der Waals surface area contributed by atoms with Crippen LogP contribution in [0.4, 0.5) is 0 Å². The Kier molecular flexibility index (Phi) is 4.73. The molecule has 1 unspecified atom stereocenters. The van der Waals surface area contributed by atoms with Crippen LogP contribution >= 0.6 is 11.6 Å². The van der Waals surface area contributed by atoms with Gasteiger partial charge in [0.1, 0.15) is 19.0 Å². The average Bonchev–Trinajstić information content (AvgIpc) is 3.10. The van der Waals surface area contributed by atoms with Crippen molar-refractivity contribution >= 4 is 11.6 Å². The monoisotopic (exact) mass is 359 g/mol. The van der Waals surface area contributed by atoms with E-state index >= 15 is 0 Å². The maximum Gasteiger partial charge on any atom is 0.179 e. The van der Waals surface area contributed by atoms with Gasteiger partial charge >= 0.3 is 0 Å². The molecule has 0 aromatic heterocycles. The Bertz CT molecular complexity index is 747. The van der Waals surface area contributed by atoms with Crippen LogP contribution < -0.4 is 14.2 Å². The summed E-state index contributed by atoms with van der Waals surface area (Å²) < 4.78 is 16.6. The molecule has 0 amide bonds. The maximum absolute atomic E-state index is 6.38. The third-order valence-corrected chi connectivity index (χ3v) is 5.19. The van der Waals surface area contributed by atoms with Gasteiger partial charge in [0.15, 0.2) is 11.5 Å². The second kappa shape index (κ2) is 7.14. The summed E-state index contributed by atoms with van der Waals surface area (Å²) >= 11 is 6.38. The Labute approximate surface area is 153 Å². The van der Waals surface area contributed by atoms with Gasteiger partial charge in [-0.05, 0) is 54.8 Å². The zero-order valence-corrected chi connectivity index (χ0v) is 15.1. The van der Waals surface area contributed by atoms with Crippen LogP contribution in [0.1, 0.15) is 30.0 Å². The minimum atomic E-state index is 0.429. The molecule has 4 nitrogen and oxygen atoms in total. The highest BCUT2D eigenvalue weighted by molar-refractivity contribution is 6.32. The van der Waals surface area contributed by atoms with Gasteiger partial charge in [-0.3, -0.25) is 4.90 Å². The highest BCUT2D eigenvalue weighted by atomic mass is 35.5. The van der Waals surface area contributed by atoms with Gasteiger partial charge in [-0.15, -0.1) is 0 Å². The zero-order chi connectivity index (χ0) is 17.2. The van der Waals surface area contributed by atoms with Crippen molar-refractivity contribution in [1.29, 1.82) is 0 Å². The van der Waals surface area contributed by atoms with E-state index in [0.29, 0.717) is 30.0 Å². The molecule has 25 heavy (non-hydrogen) atoms. The van der Waals surface area contributed by atoms with Crippen LogP contribution in [-0.4, -0.2) is 31.8 Å². The van der Waals surface area contributed by atoms with Crippen molar-refractivity contribution in [3.05, 3.63) is 52.5 Å². The number of fused-ring (bicyclic) bond motifs is 1. The lowest BCUT2D eigenvalue weighted by molar-refractivity contribution is 0.171. The normalized spacial score (nSPS) is 19.8. The third kappa shape index (κ3) is 3.42. The van der Waals surface area contributed by atoms with E-state index in [1.54, 1.807) is 7.11 Å². The first-order valence-corrected chi connectivity index (χ1v) is 9.08. The van der Waals surface area contributed by atoms with E-state index in [-0.39, 0.29) is 0 Å². The van der Waals surface area contributed by atoms with Crippen molar-refractivity contribution in [2.24, 2.45) is 0 Å². The lowest BCUT2D eigenvalue weighted by Gasteiger charge is -2.26. The maximum atomic E-state index is 6.38. The predicted molar refractivity (Wildman–Crippen MR) is 97.8 cm³/mol. The molecule has 0 radical (unpaired) electrons. The van der Waals surface area contributed by atoms with Gasteiger partial charge in [0.05, 0.1) is 12.1 Å². The van der Waals surface area contributed by atoms with Crippen molar-refractivity contribution in [3.8, 4) is 17.2 Å². The average molecular weight is 360 g/mol. The topological polar surface area (TPSA) is 30.9 Å². The second-order valence-corrected chi connectivity index (χ2v) is 6.91. The summed E-state index contributed by atoms with van der Waals surface area (Å²) in [6.07, 6.45) is 2.37. The minimum absolute atomic E-state index is 0.429. The quantitative estimate of drug-likeness (QED) is 0.806. The number of rotatable bonds is 4. The van der Waals surface area contributed by atoms with Crippen molar-refractivity contribution in [1.82, 2.24) is 4.90 Å². The van der Waals surface area contributed by atoms with Crippen molar-refractivity contribution in [2.75, 3.05) is 26.9 Å². The van der Waals surface area contributed by atoms with Crippen LogP contribution in [-0.2, 0) is 6.54 Å². The first kappa shape index (κ1) is 16.6. The Balaban J connectivity index is 1.54. The molecule has 4 rings (SSSR count). The molecule has 2 aromatic carbocycles. The molecule has 2 aromatic rings. The largest absolute Gasteiger partial charge is 0.497 e. The number of methoxy groups -OCH3 is 1. The van der Waals surface area contributed by atoms with E-state index < -0.39 is 0 Å². The summed E-state index contributed by atoms with van der Waals surface area (Å²) in [7, 11) is 1.70. The lowest BCUT2D eigenvalue weighted by atomic mass is 10.0. The fraction of sp³-hybridized carbons (Fsp3) is 0.400. The van der Waals surface area contributed by atoms with E-state index in [0.717, 1.165) is 30.2 Å². The highest BCUT2D eigenvalue weighted by Gasteiger charge is 2.27. The lowest BCUT2D eigenvalue weighted by Crippen LogP contribution is -2.23. The fourth-order valence-electron chi connectivity index (χ4n) is 3.71. The Hall–Kier alpha value is -1.91. The Morgan fingerprint density at radius 3 is 2.76 bits per heavy atom. The first-order valence-electron chi connectivity index (χ1n) is 8.70. The predicted octanol–water partition coefficient (Wildman–Crippen LogP) is 4.46. The van der Waals surface area contributed by atoms with Crippen LogP contribution in [0, 0.1) is 0 Å². The summed E-state index contributed by atoms with van der Waals surface area (Å²) in [4.78, 5) is 2.50. The van der Waals surface area contributed by atoms with Crippen molar-refractivity contribution in [3.63, 3.8) is 0 Å². The van der Waals surface area contributed by atoms with Crippen LogP contribution in [0.5, 0.6) is 17.2 Å². The molecule has 0 saturated carbocycles. The number of halogens is 1. The molecule has 2 aliphatic rings. The summed E-state index contributed by atoms with van der Waals surface area (Å²) in [5.74, 6) is 2.32. The molecular weight excluding hydrogens is 338 g/mol. The van der Waals surface area contributed by atoms with E-state index in [4.69, 9.17) is 25.8 Å².